The Bertz CT molecular complexity index is 466. The highest BCUT2D eigenvalue weighted by Crippen LogP contribution is 2.54. The van der Waals surface area contributed by atoms with Crippen molar-refractivity contribution in [2.45, 2.75) is 38.5 Å². The van der Waals surface area contributed by atoms with Crippen molar-refractivity contribution in [3.05, 3.63) is 35.4 Å². The first-order valence-electron chi connectivity index (χ1n) is 7.00. The van der Waals surface area contributed by atoms with Crippen LogP contribution < -0.4 is 0 Å². The van der Waals surface area contributed by atoms with E-state index in [1.54, 1.807) is 6.07 Å². The molecule has 0 spiro atoms. The lowest BCUT2D eigenvalue weighted by Crippen LogP contribution is -2.39. The molecular weight excluding hydrogens is 224 g/mol. The number of carbonyl (C=O) groups is 1. The van der Waals surface area contributed by atoms with Gasteiger partial charge in [0.05, 0.1) is 5.56 Å². The maximum Gasteiger partial charge on any atom is 0.335 e. The molecule has 1 aromatic carbocycles. The van der Waals surface area contributed by atoms with Gasteiger partial charge in [0.25, 0.3) is 0 Å². The number of carboxylic acids is 1. The molecule has 0 bridgehead atoms. The molecule has 4 unspecified atom stereocenters. The molecule has 4 atom stereocenters. The number of hydrogen-bond donors (Lipinski definition) is 1. The van der Waals surface area contributed by atoms with Crippen molar-refractivity contribution in [3.8, 4) is 0 Å². The first kappa shape index (κ1) is 11.8. The topological polar surface area (TPSA) is 37.3 Å². The van der Waals surface area contributed by atoms with Crippen molar-refractivity contribution in [2.75, 3.05) is 0 Å². The second kappa shape index (κ2) is 4.42. The molecule has 18 heavy (non-hydrogen) atoms. The van der Waals surface area contributed by atoms with Gasteiger partial charge in [-0.3, -0.25) is 0 Å². The van der Waals surface area contributed by atoms with Gasteiger partial charge < -0.3 is 5.11 Å². The molecule has 2 aliphatic rings. The van der Waals surface area contributed by atoms with E-state index in [4.69, 9.17) is 5.11 Å². The molecule has 0 aromatic heterocycles. The Morgan fingerprint density at radius 1 is 1.17 bits per heavy atom. The highest BCUT2D eigenvalue weighted by Gasteiger charge is 2.43. The van der Waals surface area contributed by atoms with E-state index in [0.717, 1.165) is 17.8 Å². The van der Waals surface area contributed by atoms with Gasteiger partial charge in [-0.25, -0.2) is 4.79 Å². The highest BCUT2D eigenvalue weighted by molar-refractivity contribution is 5.87. The zero-order valence-corrected chi connectivity index (χ0v) is 10.8. The standard InChI is InChI=1S/C16H20O2/c1-10-5-6-13(10)15-8-7-14(15)11-3-2-4-12(9-11)16(17)18/h2-4,9-10,13-15H,5-8H2,1H3,(H,17,18). The molecular formula is C16H20O2. The lowest BCUT2D eigenvalue weighted by molar-refractivity contribution is 0.0464. The summed E-state index contributed by atoms with van der Waals surface area (Å²) in [4.78, 5) is 11.0. The number of carboxylic acid groups (broad SMARTS) is 1. The minimum Gasteiger partial charge on any atom is -0.478 e. The summed E-state index contributed by atoms with van der Waals surface area (Å²) in [5.74, 6) is 2.36. The molecule has 0 saturated heterocycles. The minimum atomic E-state index is -0.815. The SMILES string of the molecule is CC1CCC1C1CCC1c1cccc(C(=O)O)c1. The van der Waals surface area contributed by atoms with Gasteiger partial charge in [0, 0.05) is 0 Å². The zero-order chi connectivity index (χ0) is 12.7. The van der Waals surface area contributed by atoms with Gasteiger partial charge in [0.1, 0.15) is 0 Å². The summed E-state index contributed by atoms with van der Waals surface area (Å²) < 4.78 is 0. The van der Waals surface area contributed by atoms with E-state index in [1.807, 2.05) is 12.1 Å². The third-order valence-electron chi connectivity index (χ3n) is 5.13. The first-order chi connectivity index (χ1) is 8.66. The molecule has 2 heteroatoms. The average Bonchev–Trinajstić information content (AvgIpc) is 2.33. The quantitative estimate of drug-likeness (QED) is 0.874. The number of rotatable bonds is 3. The van der Waals surface area contributed by atoms with Crippen molar-refractivity contribution in [3.63, 3.8) is 0 Å². The summed E-state index contributed by atoms with van der Waals surface area (Å²) >= 11 is 0. The molecule has 2 fully saturated rings. The van der Waals surface area contributed by atoms with Crippen LogP contribution >= 0.6 is 0 Å². The van der Waals surface area contributed by atoms with Crippen molar-refractivity contribution < 1.29 is 9.90 Å². The van der Waals surface area contributed by atoms with Crippen LogP contribution in [0.15, 0.2) is 24.3 Å². The summed E-state index contributed by atoms with van der Waals surface area (Å²) in [6.07, 6.45) is 5.32. The van der Waals surface area contributed by atoms with Crippen molar-refractivity contribution in [2.24, 2.45) is 17.8 Å². The van der Waals surface area contributed by atoms with Crippen LogP contribution in [0.5, 0.6) is 0 Å². The Balaban J connectivity index is 1.78. The van der Waals surface area contributed by atoms with Crippen LogP contribution in [0.4, 0.5) is 0 Å². The predicted molar refractivity (Wildman–Crippen MR) is 70.8 cm³/mol. The third-order valence-corrected chi connectivity index (χ3v) is 5.13. The molecule has 2 aliphatic carbocycles. The maximum atomic E-state index is 11.0. The lowest BCUT2D eigenvalue weighted by atomic mass is 9.56. The van der Waals surface area contributed by atoms with Crippen molar-refractivity contribution >= 4 is 5.97 Å². The van der Waals surface area contributed by atoms with Crippen LogP contribution in [0.25, 0.3) is 0 Å². The van der Waals surface area contributed by atoms with Gasteiger partial charge in [-0.1, -0.05) is 25.5 Å². The second-order valence-electron chi connectivity index (χ2n) is 6.00. The Kier molecular flexibility index (Phi) is 2.89. The monoisotopic (exact) mass is 244 g/mol. The Labute approximate surface area is 108 Å². The normalized spacial score (nSPS) is 34.5. The molecule has 2 nitrogen and oxygen atoms in total. The van der Waals surface area contributed by atoms with Gasteiger partial charge >= 0.3 is 5.97 Å². The smallest absolute Gasteiger partial charge is 0.335 e. The predicted octanol–water partition coefficient (Wildman–Crippen LogP) is 3.92. The van der Waals surface area contributed by atoms with Crippen LogP contribution in [0.2, 0.25) is 0 Å². The largest absolute Gasteiger partial charge is 0.478 e. The van der Waals surface area contributed by atoms with Crippen LogP contribution in [-0.4, -0.2) is 11.1 Å². The summed E-state index contributed by atoms with van der Waals surface area (Å²) in [5, 5.41) is 9.06. The molecule has 0 radical (unpaired) electrons. The zero-order valence-electron chi connectivity index (χ0n) is 10.8. The van der Waals surface area contributed by atoms with Gasteiger partial charge in [-0.15, -0.1) is 0 Å². The average molecular weight is 244 g/mol. The Morgan fingerprint density at radius 2 is 1.94 bits per heavy atom. The molecule has 96 valence electrons. The van der Waals surface area contributed by atoms with Crippen LogP contribution in [0.3, 0.4) is 0 Å². The van der Waals surface area contributed by atoms with Crippen LogP contribution in [-0.2, 0) is 0 Å². The number of aromatic carboxylic acids is 1. The van der Waals surface area contributed by atoms with Gasteiger partial charge in [-0.2, -0.15) is 0 Å². The van der Waals surface area contributed by atoms with Crippen molar-refractivity contribution in [1.29, 1.82) is 0 Å². The number of hydrogen-bond acceptors (Lipinski definition) is 1. The maximum absolute atomic E-state index is 11.0. The summed E-state index contributed by atoms with van der Waals surface area (Å²) in [6, 6.07) is 7.55. The third kappa shape index (κ3) is 1.84. The van der Waals surface area contributed by atoms with E-state index in [9.17, 15) is 4.79 Å². The fraction of sp³-hybridized carbons (Fsp3) is 0.562. The summed E-state index contributed by atoms with van der Waals surface area (Å²) in [6.45, 7) is 2.36. The molecule has 2 saturated carbocycles. The summed E-state index contributed by atoms with van der Waals surface area (Å²) in [5.41, 5.74) is 1.67. The lowest BCUT2D eigenvalue weighted by Gasteiger charge is -2.49. The second-order valence-corrected chi connectivity index (χ2v) is 6.00. The van der Waals surface area contributed by atoms with E-state index >= 15 is 0 Å². The fourth-order valence-electron chi connectivity index (χ4n) is 3.68. The van der Waals surface area contributed by atoms with Gasteiger partial charge in [0.2, 0.25) is 0 Å². The molecule has 0 aliphatic heterocycles. The summed E-state index contributed by atoms with van der Waals surface area (Å²) in [7, 11) is 0. The fourth-order valence-corrected chi connectivity index (χ4v) is 3.68. The molecule has 1 aromatic rings. The Morgan fingerprint density at radius 3 is 2.44 bits per heavy atom. The molecule has 3 rings (SSSR count). The van der Waals surface area contributed by atoms with E-state index in [2.05, 4.69) is 13.0 Å². The van der Waals surface area contributed by atoms with Crippen LogP contribution in [0, 0.1) is 17.8 Å². The van der Waals surface area contributed by atoms with E-state index in [1.165, 1.54) is 31.2 Å². The van der Waals surface area contributed by atoms with Crippen LogP contribution in [0.1, 0.15) is 54.4 Å². The minimum absolute atomic E-state index is 0.430. The van der Waals surface area contributed by atoms with E-state index in [-0.39, 0.29) is 0 Å². The first-order valence-corrected chi connectivity index (χ1v) is 7.00. The van der Waals surface area contributed by atoms with E-state index < -0.39 is 5.97 Å². The highest BCUT2D eigenvalue weighted by atomic mass is 16.4. The molecule has 0 heterocycles. The number of benzene rings is 1. The van der Waals surface area contributed by atoms with E-state index in [0.29, 0.717) is 11.5 Å². The van der Waals surface area contributed by atoms with Crippen molar-refractivity contribution in [1.82, 2.24) is 0 Å². The van der Waals surface area contributed by atoms with Gasteiger partial charge in [0.15, 0.2) is 0 Å². The Hall–Kier alpha value is -1.31. The molecule has 1 N–H and O–H groups in total. The van der Waals surface area contributed by atoms with Gasteiger partial charge in [-0.05, 0) is 60.6 Å². The molecule has 0 amide bonds.